The second-order valence-electron chi connectivity index (χ2n) is 5.33. The van der Waals surface area contributed by atoms with Crippen molar-refractivity contribution in [2.75, 3.05) is 19.7 Å². The Balaban J connectivity index is 1.77. The van der Waals surface area contributed by atoms with Gasteiger partial charge in [0.1, 0.15) is 11.6 Å². The molecule has 4 nitrogen and oxygen atoms in total. The van der Waals surface area contributed by atoms with Crippen molar-refractivity contribution in [1.29, 1.82) is 0 Å². The van der Waals surface area contributed by atoms with E-state index in [0.717, 1.165) is 6.42 Å². The van der Waals surface area contributed by atoms with E-state index in [2.05, 4.69) is 0 Å². The van der Waals surface area contributed by atoms with Gasteiger partial charge < -0.3 is 14.1 Å². The lowest BCUT2D eigenvalue weighted by molar-refractivity contribution is -0.0235. The van der Waals surface area contributed by atoms with Crippen molar-refractivity contribution in [2.45, 2.75) is 19.4 Å². The number of rotatable bonds is 3. The monoisotopic (exact) mass is 303 g/mol. The first-order valence-corrected chi connectivity index (χ1v) is 7.44. The molecule has 0 aliphatic carbocycles. The van der Waals surface area contributed by atoms with Gasteiger partial charge in [0, 0.05) is 18.7 Å². The fraction of sp³-hybridized carbons (Fsp3) is 0.353. The van der Waals surface area contributed by atoms with Gasteiger partial charge in [-0.25, -0.2) is 4.39 Å². The Morgan fingerprint density at radius 1 is 1.36 bits per heavy atom. The SMILES string of the molecule is CC[C@H]1CN(C(=O)c2ccc(-c3cccc(F)c3)o2)CCO1. The topological polar surface area (TPSA) is 42.7 Å². The first kappa shape index (κ1) is 14.8. The van der Waals surface area contributed by atoms with Crippen molar-refractivity contribution < 1.29 is 18.3 Å². The zero-order valence-electron chi connectivity index (χ0n) is 12.4. The molecule has 0 N–H and O–H groups in total. The summed E-state index contributed by atoms with van der Waals surface area (Å²) in [4.78, 5) is 14.2. The Morgan fingerprint density at radius 3 is 3.00 bits per heavy atom. The number of benzene rings is 1. The third-order valence-electron chi connectivity index (χ3n) is 3.81. The molecule has 3 rings (SSSR count). The van der Waals surface area contributed by atoms with E-state index in [1.807, 2.05) is 6.92 Å². The third-order valence-corrected chi connectivity index (χ3v) is 3.81. The molecule has 1 saturated heterocycles. The van der Waals surface area contributed by atoms with Crippen LogP contribution in [0.1, 0.15) is 23.9 Å². The molecule has 1 aliphatic heterocycles. The predicted molar refractivity (Wildman–Crippen MR) is 80.0 cm³/mol. The molecule has 1 aromatic heterocycles. The van der Waals surface area contributed by atoms with E-state index in [9.17, 15) is 9.18 Å². The number of hydrogen-bond acceptors (Lipinski definition) is 3. The zero-order valence-corrected chi connectivity index (χ0v) is 12.4. The van der Waals surface area contributed by atoms with E-state index in [1.54, 1.807) is 29.2 Å². The number of carbonyl (C=O) groups is 1. The van der Waals surface area contributed by atoms with Crippen molar-refractivity contribution in [3.63, 3.8) is 0 Å². The molecule has 0 bridgehead atoms. The van der Waals surface area contributed by atoms with E-state index >= 15 is 0 Å². The summed E-state index contributed by atoms with van der Waals surface area (Å²) < 4.78 is 24.4. The van der Waals surface area contributed by atoms with Crippen LogP contribution in [0.3, 0.4) is 0 Å². The van der Waals surface area contributed by atoms with Crippen LogP contribution in [-0.2, 0) is 4.74 Å². The minimum absolute atomic E-state index is 0.0790. The molecule has 1 atom stereocenters. The van der Waals surface area contributed by atoms with Crippen LogP contribution in [0.5, 0.6) is 0 Å². The number of halogens is 1. The summed E-state index contributed by atoms with van der Waals surface area (Å²) in [5, 5.41) is 0. The molecular weight excluding hydrogens is 285 g/mol. The van der Waals surface area contributed by atoms with Crippen LogP contribution >= 0.6 is 0 Å². The highest BCUT2D eigenvalue weighted by molar-refractivity contribution is 5.92. The van der Waals surface area contributed by atoms with E-state index in [0.29, 0.717) is 31.0 Å². The maximum Gasteiger partial charge on any atom is 0.289 e. The van der Waals surface area contributed by atoms with Crippen molar-refractivity contribution in [1.82, 2.24) is 4.90 Å². The summed E-state index contributed by atoms with van der Waals surface area (Å²) in [6, 6.07) is 9.45. The lowest BCUT2D eigenvalue weighted by Gasteiger charge is -2.31. The molecule has 116 valence electrons. The average molecular weight is 303 g/mol. The highest BCUT2D eigenvalue weighted by Gasteiger charge is 2.26. The first-order chi connectivity index (χ1) is 10.7. The van der Waals surface area contributed by atoms with Gasteiger partial charge in [-0.1, -0.05) is 19.1 Å². The normalized spacial score (nSPS) is 18.5. The summed E-state index contributed by atoms with van der Waals surface area (Å²) in [6.07, 6.45) is 0.951. The fourth-order valence-electron chi connectivity index (χ4n) is 2.56. The number of ether oxygens (including phenoxy) is 1. The molecule has 0 unspecified atom stereocenters. The first-order valence-electron chi connectivity index (χ1n) is 7.44. The van der Waals surface area contributed by atoms with Crippen molar-refractivity contribution >= 4 is 5.91 Å². The standard InChI is InChI=1S/C17H18FNO3/c1-2-14-11-19(8-9-21-14)17(20)16-7-6-15(22-16)12-4-3-5-13(18)10-12/h3-7,10,14H,2,8-9,11H2,1H3/t14-/m0/s1. The Kier molecular flexibility index (Phi) is 4.24. The molecule has 0 spiro atoms. The number of morpholine rings is 1. The van der Waals surface area contributed by atoms with E-state index in [1.165, 1.54) is 12.1 Å². The van der Waals surface area contributed by atoms with Crippen molar-refractivity contribution in [3.05, 3.63) is 48.0 Å². The Morgan fingerprint density at radius 2 is 2.23 bits per heavy atom. The minimum atomic E-state index is -0.333. The summed E-state index contributed by atoms with van der Waals surface area (Å²) in [6.45, 7) is 3.71. The second-order valence-corrected chi connectivity index (χ2v) is 5.33. The highest BCUT2D eigenvalue weighted by atomic mass is 19.1. The molecule has 2 aromatic rings. The fourth-order valence-corrected chi connectivity index (χ4v) is 2.56. The van der Waals surface area contributed by atoms with Gasteiger partial charge >= 0.3 is 0 Å². The molecule has 22 heavy (non-hydrogen) atoms. The van der Waals surface area contributed by atoms with Gasteiger partial charge in [-0.3, -0.25) is 4.79 Å². The van der Waals surface area contributed by atoms with Gasteiger partial charge in [0.15, 0.2) is 5.76 Å². The Bertz CT molecular complexity index is 667. The maximum absolute atomic E-state index is 13.3. The number of furan rings is 1. The minimum Gasteiger partial charge on any atom is -0.451 e. The zero-order chi connectivity index (χ0) is 15.5. The number of nitrogens with zero attached hydrogens (tertiary/aromatic N) is 1. The van der Waals surface area contributed by atoms with E-state index in [4.69, 9.17) is 9.15 Å². The molecule has 2 heterocycles. The van der Waals surface area contributed by atoms with E-state index in [-0.39, 0.29) is 23.6 Å². The molecular formula is C17H18FNO3. The number of hydrogen-bond donors (Lipinski definition) is 0. The van der Waals surface area contributed by atoms with Gasteiger partial charge in [0.25, 0.3) is 5.91 Å². The molecule has 1 aromatic carbocycles. The van der Waals surface area contributed by atoms with Crippen LogP contribution in [0.25, 0.3) is 11.3 Å². The van der Waals surface area contributed by atoms with Gasteiger partial charge in [0.2, 0.25) is 0 Å². The predicted octanol–water partition coefficient (Wildman–Crippen LogP) is 3.34. The summed E-state index contributed by atoms with van der Waals surface area (Å²) >= 11 is 0. The number of amides is 1. The summed E-state index contributed by atoms with van der Waals surface area (Å²) in [7, 11) is 0. The van der Waals surface area contributed by atoms with Gasteiger partial charge in [-0.15, -0.1) is 0 Å². The average Bonchev–Trinajstić information content (AvgIpc) is 3.04. The maximum atomic E-state index is 13.3. The molecule has 1 aliphatic rings. The van der Waals surface area contributed by atoms with Crippen LogP contribution in [-0.4, -0.2) is 36.6 Å². The highest BCUT2D eigenvalue weighted by Crippen LogP contribution is 2.24. The van der Waals surface area contributed by atoms with Crippen LogP contribution < -0.4 is 0 Å². The van der Waals surface area contributed by atoms with Gasteiger partial charge in [-0.05, 0) is 30.7 Å². The summed E-state index contributed by atoms with van der Waals surface area (Å²) in [5.74, 6) is 0.282. The van der Waals surface area contributed by atoms with Crippen LogP contribution in [0.2, 0.25) is 0 Å². The second kappa shape index (κ2) is 6.32. The molecule has 0 saturated carbocycles. The van der Waals surface area contributed by atoms with Gasteiger partial charge in [0.05, 0.1) is 12.7 Å². The number of carbonyl (C=O) groups excluding carboxylic acids is 1. The Labute approximate surface area is 128 Å². The van der Waals surface area contributed by atoms with E-state index < -0.39 is 0 Å². The quantitative estimate of drug-likeness (QED) is 0.873. The van der Waals surface area contributed by atoms with Crippen molar-refractivity contribution in [2.24, 2.45) is 0 Å². The molecule has 1 amide bonds. The van der Waals surface area contributed by atoms with Crippen molar-refractivity contribution in [3.8, 4) is 11.3 Å². The van der Waals surface area contributed by atoms with Gasteiger partial charge in [-0.2, -0.15) is 0 Å². The lowest BCUT2D eigenvalue weighted by Crippen LogP contribution is -2.45. The summed E-state index contributed by atoms with van der Waals surface area (Å²) in [5.41, 5.74) is 0.618. The van der Waals surface area contributed by atoms with Crippen LogP contribution in [0.15, 0.2) is 40.8 Å². The largest absolute Gasteiger partial charge is 0.451 e. The Hall–Kier alpha value is -2.14. The third kappa shape index (κ3) is 3.04. The van der Waals surface area contributed by atoms with Crippen LogP contribution in [0.4, 0.5) is 4.39 Å². The lowest BCUT2D eigenvalue weighted by atomic mass is 10.2. The smallest absolute Gasteiger partial charge is 0.289 e. The molecule has 0 radical (unpaired) electrons. The molecule has 1 fully saturated rings. The molecule has 5 heteroatoms. The van der Waals surface area contributed by atoms with Crippen LogP contribution in [0, 0.1) is 5.82 Å².